The molecule has 0 atom stereocenters. The van der Waals surface area contributed by atoms with E-state index in [1.54, 1.807) is 36.4 Å². The van der Waals surface area contributed by atoms with Crippen molar-refractivity contribution in [2.75, 3.05) is 6.79 Å². The van der Waals surface area contributed by atoms with Gasteiger partial charge in [0.25, 0.3) is 0 Å². The van der Waals surface area contributed by atoms with Gasteiger partial charge in [0, 0.05) is 15.1 Å². The summed E-state index contributed by atoms with van der Waals surface area (Å²) in [6.45, 7) is 0.199. The van der Waals surface area contributed by atoms with Crippen LogP contribution < -0.4 is 9.47 Å². The fourth-order valence-electron chi connectivity index (χ4n) is 2.46. The molecule has 2 aliphatic heterocycles. The van der Waals surface area contributed by atoms with Crippen LogP contribution in [-0.4, -0.2) is 12.8 Å². The molecule has 0 N–H and O–H groups in total. The third-order valence-corrected chi connectivity index (χ3v) is 4.60. The number of hydrogen-bond donors (Lipinski definition) is 0. The summed E-state index contributed by atoms with van der Waals surface area (Å²) in [5.41, 5.74) is 2.06. The molecule has 0 saturated heterocycles. The van der Waals surface area contributed by atoms with E-state index in [1.807, 2.05) is 12.1 Å². The van der Waals surface area contributed by atoms with Crippen LogP contribution in [0.1, 0.15) is 11.1 Å². The first-order valence-electron chi connectivity index (χ1n) is 7.11. The Balaban J connectivity index is 1.70. The number of rotatable bonds is 2. The lowest BCUT2D eigenvalue weighted by molar-refractivity contribution is -0.130. The zero-order valence-corrected chi connectivity index (χ0v) is 14.6. The first-order chi connectivity index (χ1) is 11.6. The van der Waals surface area contributed by atoms with Crippen molar-refractivity contribution >= 4 is 45.3 Å². The van der Waals surface area contributed by atoms with E-state index in [-0.39, 0.29) is 6.79 Å². The summed E-state index contributed by atoms with van der Waals surface area (Å²) in [5.74, 6) is 1.43. The lowest BCUT2D eigenvalue weighted by atomic mass is 10.1. The number of fused-ring (bicyclic) bond motifs is 1. The van der Waals surface area contributed by atoms with E-state index < -0.39 is 5.97 Å². The number of cyclic esters (lactones) is 1. The summed E-state index contributed by atoms with van der Waals surface area (Å²) < 4.78 is 16.8. The molecule has 0 fully saturated rings. The van der Waals surface area contributed by atoms with Gasteiger partial charge in [0.05, 0.1) is 5.57 Å². The Morgan fingerprint density at radius 3 is 2.54 bits per heavy atom. The minimum atomic E-state index is -0.399. The first kappa shape index (κ1) is 15.3. The van der Waals surface area contributed by atoms with Crippen molar-refractivity contribution in [1.29, 1.82) is 0 Å². The minimum absolute atomic E-state index is 0.199. The maximum atomic E-state index is 12.1. The fraction of sp³-hybridized carbons (Fsp3) is 0.0556. The van der Waals surface area contributed by atoms with E-state index >= 15 is 0 Å². The molecule has 0 amide bonds. The van der Waals surface area contributed by atoms with E-state index in [1.165, 1.54) is 0 Å². The molecule has 24 heavy (non-hydrogen) atoms. The van der Waals surface area contributed by atoms with Gasteiger partial charge in [-0.3, -0.25) is 0 Å². The van der Waals surface area contributed by atoms with Gasteiger partial charge in [-0.2, -0.15) is 0 Å². The Morgan fingerprint density at radius 2 is 1.79 bits per heavy atom. The van der Waals surface area contributed by atoms with Crippen LogP contribution in [-0.2, 0) is 9.53 Å². The molecular weight excluding hydrogens is 396 g/mol. The largest absolute Gasteiger partial charge is 0.454 e. The standard InChI is InChI=1S/C18H10BrClO4/c19-14-8-17-16(22-9-23-17)6-11(14)5-12-7-15(24-18(12)21)10-1-3-13(20)4-2-10/h1-8H,9H2/b12-5-. The minimum Gasteiger partial charge on any atom is -0.454 e. The van der Waals surface area contributed by atoms with Gasteiger partial charge in [0.1, 0.15) is 5.76 Å². The van der Waals surface area contributed by atoms with E-state index in [9.17, 15) is 4.79 Å². The van der Waals surface area contributed by atoms with Gasteiger partial charge >= 0.3 is 5.97 Å². The second kappa shape index (κ2) is 6.00. The summed E-state index contributed by atoms with van der Waals surface area (Å²) in [5, 5.41) is 0.628. The predicted octanol–water partition coefficient (Wildman–Crippen LogP) is 4.81. The van der Waals surface area contributed by atoms with Crippen LogP contribution in [0.5, 0.6) is 11.5 Å². The lowest BCUT2D eigenvalue weighted by Crippen LogP contribution is -1.97. The van der Waals surface area contributed by atoms with Gasteiger partial charge in [-0.25, -0.2) is 4.79 Å². The van der Waals surface area contributed by atoms with Crippen LogP contribution in [0.4, 0.5) is 0 Å². The molecule has 120 valence electrons. The van der Waals surface area contributed by atoms with Crippen LogP contribution in [0.2, 0.25) is 5.02 Å². The Kier molecular flexibility index (Phi) is 3.82. The molecule has 0 aromatic heterocycles. The molecule has 0 saturated carbocycles. The van der Waals surface area contributed by atoms with Crippen LogP contribution in [0, 0.1) is 0 Å². The normalized spacial score (nSPS) is 17.2. The smallest absolute Gasteiger partial charge is 0.343 e. The van der Waals surface area contributed by atoms with Crippen molar-refractivity contribution in [2.24, 2.45) is 0 Å². The maximum absolute atomic E-state index is 12.1. The second-order valence-corrected chi connectivity index (χ2v) is 6.52. The molecule has 4 nitrogen and oxygen atoms in total. The highest BCUT2D eigenvalue weighted by Gasteiger charge is 2.23. The van der Waals surface area contributed by atoms with Gasteiger partial charge in [-0.15, -0.1) is 0 Å². The topological polar surface area (TPSA) is 44.8 Å². The molecule has 0 aliphatic carbocycles. The Bertz CT molecular complexity index is 900. The molecule has 2 aromatic carbocycles. The zero-order chi connectivity index (χ0) is 16.7. The van der Waals surface area contributed by atoms with E-state index in [2.05, 4.69) is 15.9 Å². The molecule has 2 aromatic rings. The van der Waals surface area contributed by atoms with Gasteiger partial charge in [0.2, 0.25) is 6.79 Å². The molecule has 0 unspecified atom stereocenters. The molecular formula is C18H10BrClO4. The fourth-order valence-corrected chi connectivity index (χ4v) is 3.02. The number of esters is 1. The van der Waals surface area contributed by atoms with E-state index in [0.717, 1.165) is 15.6 Å². The van der Waals surface area contributed by atoms with Crippen LogP contribution in [0.15, 0.2) is 52.5 Å². The maximum Gasteiger partial charge on any atom is 0.343 e. The van der Waals surface area contributed by atoms with Gasteiger partial charge < -0.3 is 14.2 Å². The third kappa shape index (κ3) is 2.81. The highest BCUT2D eigenvalue weighted by Crippen LogP contribution is 2.38. The van der Waals surface area contributed by atoms with E-state index in [4.69, 9.17) is 25.8 Å². The summed E-state index contributed by atoms with van der Waals surface area (Å²) in [6, 6.07) is 10.8. The molecule has 2 heterocycles. The van der Waals surface area contributed by atoms with Crippen LogP contribution in [0.25, 0.3) is 11.8 Å². The Hall–Kier alpha value is -2.24. The summed E-state index contributed by atoms with van der Waals surface area (Å²) in [7, 11) is 0. The second-order valence-electron chi connectivity index (χ2n) is 5.23. The number of carbonyl (C=O) groups excluding carboxylic acids is 1. The average molecular weight is 406 g/mol. The number of carbonyl (C=O) groups is 1. The zero-order valence-electron chi connectivity index (χ0n) is 12.2. The van der Waals surface area contributed by atoms with Crippen molar-refractivity contribution in [2.45, 2.75) is 0 Å². The molecule has 4 rings (SSSR count). The highest BCUT2D eigenvalue weighted by atomic mass is 79.9. The summed E-state index contributed by atoms with van der Waals surface area (Å²) in [6.07, 6.45) is 3.46. The van der Waals surface area contributed by atoms with E-state index in [0.29, 0.717) is 27.9 Å². The van der Waals surface area contributed by atoms with Crippen LogP contribution >= 0.6 is 27.5 Å². The molecule has 0 bridgehead atoms. The SMILES string of the molecule is O=C1OC(c2ccc(Cl)cc2)=C/C1=C/c1cc2c(cc1Br)OCO2. The number of hydrogen-bond acceptors (Lipinski definition) is 4. The van der Waals surface area contributed by atoms with Gasteiger partial charge in [0.15, 0.2) is 11.5 Å². The Labute approximate surface area is 151 Å². The van der Waals surface area contributed by atoms with Gasteiger partial charge in [-0.1, -0.05) is 27.5 Å². The molecule has 0 radical (unpaired) electrons. The number of halogens is 2. The van der Waals surface area contributed by atoms with Crippen molar-refractivity contribution < 1.29 is 19.0 Å². The van der Waals surface area contributed by atoms with Crippen molar-refractivity contribution in [3.63, 3.8) is 0 Å². The van der Waals surface area contributed by atoms with Crippen molar-refractivity contribution in [3.05, 3.63) is 68.7 Å². The average Bonchev–Trinajstić information content (AvgIpc) is 3.15. The molecule has 0 spiro atoms. The van der Waals surface area contributed by atoms with Crippen LogP contribution in [0.3, 0.4) is 0 Å². The number of benzene rings is 2. The van der Waals surface area contributed by atoms with Crippen molar-refractivity contribution in [3.8, 4) is 11.5 Å². The summed E-state index contributed by atoms with van der Waals surface area (Å²) >= 11 is 9.36. The Morgan fingerprint density at radius 1 is 1.08 bits per heavy atom. The summed E-state index contributed by atoms with van der Waals surface area (Å²) in [4.78, 5) is 12.1. The highest BCUT2D eigenvalue weighted by molar-refractivity contribution is 9.10. The van der Waals surface area contributed by atoms with Crippen molar-refractivity contribution in [1.82, 2.24) is 0 Å². The lowest BCUT2D eigenvalue weighted by Gasteiger charge is -2.02. The number of ether oxygens (including phenoxy) is 3. The monoisotopic (exact) mass is 404 g/mol. The molecule has 2 aliphatic rings. The first-order valence-corrected chi connectivity index (χ1v) is 8.28. The quantitative estimate of drug-likeness (QED) is 0.531. The third-order valence-electron chi connectivity index (χ3n) is 3.66. The predicted molar refractivity (Wildman–Crippen MR) is 93.8 cm³/mol. The molecule has 6 heteroatoms. The van der Waals surface area contributed by atoms with Gasteiger partial charge in [-0.05, 0) is 54.1 Å².